The van der Waals surface area contributed by atoms with E-state index < -0.39 is 0 Å². The molecule has 1 fully saturated rings. The van der Waals surface area contributed by atoms with E-state index in [2.05, 4.69) is 22.5 Å². The molecular formula is C17H34IN3O3. The Morgan fingerprint density at radius 1 is 1.21 bits per heavy atom. The van der Waals surface area contributed by atoms with Gasteiger partial charge in [0.2, 0.25) is 0 Å². The lowest BCUT2D eigenvalue weighted by atomic mass is 10.1. The number of ether oxygens (including phenoxy) is 2. The number of hydrogen-bond donors (Lipinski definition) is 2. The Bertz CT molecular complexity index is 348. The molecule has 0 aliphatic carbocycles. The second-order valence-corrected chi connectivity index (χ2v) is 5.75. The fraction of sp³-hybridized carbons (Fsp3) is 0.882. The van der Waals surface area contributed by atoms with Crippen LogP contribution in [0.5, 0.6) is 0 Å². The van der Waals surface area contributed by atoms with E-state index in [1.54, 1.807) is 0 Å². The monoisotopic (exact) mass is 455 g/mol. The number of carbonyl (C=O) groups excluding carboxylic acids is 1. The molecule has 142 valence electrons. The van der Waals surface area contributed by atoms with E-state index >= 15 is 0 Å². The fourth-order valence-corrected chi connectivity index (χ4v) is 2.51. The summed E-state index contributed by atoms with van der Waals surface area (Å²) in [5.41, 5.74) is 0. The molecule has 0 saturated carbocycles. The lowest BCUT2D eigenvalue weighted by molar-refractivity contribution is -0.143. The molecule has 0 radical (unpaired) electrons. The molecule has 0 aromatic heterocycles. The number of hydrogen-bond acceptors (Lipinski definition) is 4. The highest BCUT2D eigenvalue weighted by molar-refractivity contribution is 14.0. The molecule has 1 aliphatic heterocycles. The SMILES string of the molecule is CCNC(=NCC1CCCO1)NCCCCCCC(=O)OCC.I. The first-order valence-corrected chi connectivity index (χ1v) is 9.05. The van der Waals surface area contributed by atoms with Crippen molar-refractivity contribution in [2.45, 2.75) is 64.9 Å². The van der Waals surface area contributed by atoms with Crippen molar-refractivity contribution in [3.05, 3.63) is 0 Å². The molecule has 0 amide bonds. The number of rotatable bonds is 11. The van der Waals surface area contributed by atoms with Gasteiger partial charge < -0.3 is 20.1 Å². The maximum absolute atomic E-state index is 11.2. The number of carbonyl (C=O) groups is 1. The summed E-state index contributed by atoms with van der Waals surface area (Å²) in [6.45, 7) is 7.74. The molecule has 1 aliphatic rings. The number of aliphatic imine (C=N–C) groups is 1. The molecule has 1 rings (SSSR count). The third-order valence-electron chi connectivity index (χ3n) is 3.73. The topological polar surface area (TPSA) is 72.0 Å². The molecule has 2 N–H and O–H groups in total. The molecule has 24 heavy (non-hydrogen) atoms. The van der Waals surface area contributed by atoms with Crippen LogP contribution in [0.15, 0.2) is 4.99 Å². The van der Waals surface area contributed by atoms with Gasteiger partial charge in [-0.3, -0.25) is 9.79 Å². The summed E-state index contributed by atoms with van der Waals surface area (Å²) < 4.78 is 10.5. The van der Waals surface area contributed by atoms with Gasteiger partial charge >= 0.3 is 5.97 Å². The van der Waals surface area contributed by atoms with Gasteiger partial charge in [0.25, 0.3) is 0 Å². The molecule has 7 heteroatoms. The van der Waals surface area contributed by atoms with Gasteiger partial charge in [-0.05, 0) is 39.5 Å². The van der Waals surface area contributed by atoms with Crippen molar-refractivity contribution in [2.24, 2.45) is 4.99 Å². The maximum Gasteiger partial charge on any atom is 0.305 e. The minimum atomic E-state index is -0.0821. The van der Waals surface area contributed by atoms with Crippen LogP contribution in [0, 0.1) is 0 Å². The Kier molecular flexibility index (Phi) is 15.6. The molecule has 0 aromatic rings. The van der Waals surface area contributed by atoms with E-state index in [0.717, 1.165) is 70.7 Å². The van der Waals surface area contributed by atoms with Crippen molar-refractivity contribution in [3.63, 3.8) is 0 Å². The summed E-state index contributed by atoms with van der Waals surface area (Å²) in [5, 5.41) is 6.62. The van der Waals surface area contributed by atoms with Gasteiger partial charge in [-0.2, -0.15) is 0 Å². The fourth-order valence-electron chi connectivity index (χ4n) is 2.51. The highest BCUT2D eigenvalue weighted by atomic mass is 127. The Hall–Kier alpha value is -0.570. The van der Waals surface area contributed by atoms with Crippen molar-refractivity contribution in [1.29, 1.82) is 0 Å². The summed E-state index contributed by atoms with van der Waals surface area (Å²) in [7, 11) is 0. The minimum absolute atomic E-state index is 0. The lowest BCUT2D eigenvalue weighted by Crippen LogP contribution is -2.38. The molecule has 0 bridgehead atoms. The van der Waals surface area contributed by atoms with Crippen LogP contribution >= 0.6 is 24.0 Å². The standard InChI is InChI=1S/C17H33N3O3.HI/c1-3-18-17(20-14-15-10-9-13-23-15)19-12-8-6-5-7-11-16(21)22-4-2;/h15H,3-14H2,1-2H3,(H2,18,19,20);1H. The van der Waals surface area contributed by atoms with Crippen LogP contribution in [-0.4, -0.2) is 50.9 Å². The van der Waals surface area contributed by atoms with Gasteiger partial charge in [0.15, 0.2) is 5.96 Å². The molecule has 0 spiro atoms. The third-order valence-corrected chi connectivity index (χ3v) is 3.73. The quantitative estimate of drug-likeness (QED) is 0.165. The normalized spacial score (nSPS) is 17.2. The first kappa shape index (κ1) is 23.4. The van der Waals surface area contributed by atoms with Crippen molar-refractivity contribution < 1.29 is 14.3 Å². The summed E-state index contributed by atoms with van der Waals surface area (Å²) in [6.07, 6.45) is 7.24. The summed E-state index contributed by atoms with van der Waals surface area (Å²) in [4.78, 5) is 15.8. The van der Waals surface area contributed by atoms with Gasteiger partial charge in [0.1, 0.15) is 0 Å². The second-order valence-electron chi connectivity index (χ2n) is 5.75. The van der Waals surface area contributed by atoms with Crippen molar-refractivity contribution >= 4 is 35.9 Å². The first-order valence-electron chi connectivity index (χ1n) is 9.05. The number of esters is 1. The van der Waals surface area contributed by atoms with E-state index in [-0.39, 0.29) is 36.0 Å². The highest BCUT2D eigenvalue weighted by Gasteiger charge is 2.14. The van der Waals surface area contributed by atoms with E-state index in [1.807, 2.05) is 6.92 Å². The van der Waals surface area contributed by atoms with Crippen molar-refractivity contribution in [2.75, 3.05) is 32.8 Å². The minimum Gasteiger partial charge on any atom is -0.466 e. The largest absolute Gasteiger partial charge is 0.466 e. The third kappa shape index (κ3) is 11.9. The Morgan fingerprint density at radius 3 is 2.67 bits per heavy atom. The van der Waals surface area contributed by atoms with E-state index in [0.29, 0.717) is 13.0 Å². The summed E-state index contributed by atoms with van der Waals surface area (Å²) in [5.74, 6) is 0.788. The van der Waals surface area contributed by atoms with Crippen LogP contribution in [0.25, 0.3) is 0 Å². The van der Waals surface area contributed by atoms with E-state index in [9.17, 15) is 4.79 Å². The first-order chi connectivity index (χ1) is 11.3. The van der Waals surface area contributed by atoms with Crippen LogP contribution in [0.4, 0.5) is 0 Å². The predicted molar refractivity (Wildman–Crippen MR) is 108 cm³/mol. The van der Waals surface area contributed by atoms with Gasteiger partial charge in [-0.25, -0.2) is 0 Å². The number of unbranched alkanes of at least 4 members (excludes halogenated alkanes) is 3. The summed E-state index contributed by atoms with van der Waals surface area (Å²) in [6, 6.07) is 0. The highest BCUT2D eigenvalue weighted by Crippen LogP contribution is 2.11. The molecule has 1 heterocycles. The van der Waals surface area contributed by atoms with Gasteiger partial charge in [-0.1, -0.05) is 12.8 Å². The van der Waals surface area contributed by atoms with Gasteiger partial charge in [0.05, 0.1) is 19.3 Å². The number of halogens is 1. The smallest absolute Gasteiger partial charge is 0.305 e. The molecule has 1 saturated heterocycles. The maximum atomic E-state index is 11.2. The molecular weight excluding hydrogens is 421 g/mol. The molecule has 1 unspecified atom stereocenters. The number of guanidine groups is 1. The Balaban J connectivity index is 0.00000529. The zero-order chi connectivity index (χ0) is 16.8. The van der Waals surface area contributed by atoms with Crippen LogP contribution in [0.2, 0.25) is 0 Å². The van der Waals surface area contributed by atoms with Crippen molar-refractivity contribution in [1.82, 2.24) is 10.6 Å². The lowest BCUT2D eigenvalue weighted by Gasteiger charge is -2.12. The second kappa shape index (κ2) is 15.9. The Morgan fingerprint density at radius 2 is 2.00 bits per heavy atom. The molecule has 0 aromatic carbocycles. The number of nitrogens with one attached hydrogen (secondary N) is 2. The van der Waals surface area contributed by atoms with Crippen LogP contribution < -0.4 is 10.6 Å². The van der Waals surface area contributed by atoms with Crippen LogP contribution in [0.1, 0.15) is 58.8 Å². The van der Waals surface area contributed by atoms with Gasteiger partial charge in [-0.15, -0.1) is 24.0 Å². The predicted octanol–water partition coefficient (Wildman–Crippen LogP) is 2.85. The van der Waals surface area contributed by atoms with Crippen LogP contribution in [0.3, 0.4) is 0 Å². The average Bonchev–Trinajstić information content (AvgIpc) is 3.05. The zero-order valence-corrected chi connectivity index (χ0v) is 17.5. The van der Waals surface area contributed by atoms with Crippen LogP contribution in [-0.2, 0) is 14.3 Å². The van der Waals surface area contributed by atoms with Crippen molar-refractivity contribution in [3.8, 4) is 0 Å². The van der Waals surface area contributed by atoms with E-state index in [4.69, 9.17) is 9.47 Å². The molecule has 1 atom stereocenters. The van der Waals surface area contributed by atoms with E-state index in [1.165, 1.54) is 0 Å². The average molecular weight is 455 g/mol. The molecule has 6 nitrogen and oxygen atoms in total. The Labute approximate surface area is 163 Å². The summed E-state index contributed by atoms with van der Waals surface area (Å²) >= 11 is 0. The zero-order valence-electron chi connectivity index (χ0n) is 15.1. The van der Waals surface area contributed by atoms with Gasteiger partial charge in [0, 0.05) is 26.1 Å². The number of nitrogens with zero attached hydrogens (tertiary/aromatic N) is 1.